The molecule has 0 aromatic rings. The fourth-order valence-electron chi connectivity index (χ4n) is 3.74. The molecule has 2 rings (SSSR count). The van der Waals surface area contributed by atoms with Crippen molar-refractivity contribution in [1.82, 2.24) is 0 Å². The van der Waals surface area contributed by atoms with Crippen LogP contribution in [0, 0.1) is 16.7 Å². The first-order valence-electron chi connectivity index (χ1n) is 6.35. The van der Waals surface area contributed by atoms with E-state index in [2.05, 4.69) is 40.4 Å². The summed E-state index contributed by atoms with van der Waals surface area (Å²) in [5.41, 5.74) is 0.940. The molecule has 2 aliphatic rings. The van der Waals surface area contributed by atoms with Crippen LogP contribution >= 0.6 is 0 Å². The van der Waals surface area contributed by atoms with Gasteiger partial charge in [-0.1, -0.05) is 20.8 Å². The second-order valence-corrected chi connectivity index (χ2v) is 11.8. The van der Waals surface area contributed by atoms with Gasteiger partial charge in [-0.25, -0.2) is 0 Å². The van der Waals surface area contributed by atoms with Gasteiger partial charge in [0.25, 0.3) is 0 Å². The fourth-order valence-corrected chi connectivity index (χ4v) is 4.95. The largest absolute Gasteiger partial charge is 0.414 e. The zero-order valence-electron chi connectivity index (χ0n) is 11.2. The highest BCUT2D eigenvalue weighted by Gasteiger charge is 2.62. The van der Waals surface area contributed by atoms with E-state index in [1.54, 1.807) is 0 Å². The van der Waals surface area contributed by atoms with E-state index in [-0.39, 0.29) is 0 Å². The van der Waals surface area contributed by atoms with Crippen LogP contribution in [0.5, 0.6) is 0 Å². The van der Waals surface area contributed by atoms with Gasteiger partial charge in [0.2, 0.25) is 0 Å². The van der Waals surface area contributed by atoms with Crippen LogP contribution in [0.25, 0.3) is 0 Å². The Bertz CT molecular complexity index is 266. The van der Waals surface area contributed by atoms with Gasteiger partial charge in [0.05, 0.1) is 6.10 Å². The number of rotatable bonds is 2. The van der Waals surface area contributed by atoms with E-state index in [9.17, 15) is 0 Å². The number of fused-ring (bicyclic) bond motifs is 2. The van der Waals surface area contributed by atoms with Gasteiger partial charge in [0, 0.05) is 0 Å². The van der Waals surface area contributed by atoms with Gasteiger partial charge in [-0.15, -0.1) is 0 Å². The molecule has 0 aromatic carbocycles. The lowest BCUT2D eigenvalue weighted by Crippen LogP contribution is -2.42. The Balaban J connectivity index is 2.19. The summed E-state index contributed by atoms with van der Waals surface area (Å²) in [6.45, 7) is 14.3. The average Bonchev–Trinajstić information content (AvgIpc) is 2.34. The summed E-state index contributed by atoms with van der Waals surface area (Å²) in [5, 5.41) is 0. The van der Waals surface area contributed by atoms with Crippen molar-refractivity contribution in [1.29, 1.82) is 0 Å². The highest BCUT2D eigenvalue weighted by atomic mass is 28.4. The third-order valence-electron chi connectivity index (χ3n) is 5.21. The van der Waals surface area contributed by atoms with Gasteiger partial charge in [-0.05, 0) is 55.7 Å². The maximum Gasteiger partial charge on any atom is 0.184 e. The summed E-state index contributed by atoms with van der Waals surface area (Å²) in [6, 6.07) is 0. The van der Waals surface area contributed by atoms with E-state index in [1.165, 1.54) is 19.3 Å². The first-order valence-corrected chi connectivity index (χ1v) is 9.75. The van der Waals surface area contributed by atoms with E-state index in [0.29, 0.717) is 16.9 Å². The van der Waals surface area contributed by atoms with Crippen molar-refractivity contribution in [3.05, 3.63) is 0 Å². The summed E-state index contributed by atoms with van der Waals surface area (Å²) < 4.78 is 6.41. The van der Waals surface area contributed by atoms with Gasteiger partial charge >= 0.3 is 0 Å². The van der Waals surface area contributed by atoms with Crippen LogP contribution < -0.4 is 0 Å². The van der Waals surface area contributed by atoms with Gasteiger partial charge < -0.3 is 4.43 Å². The molecular weight excluding hydrogens is 200 g/mol. The summed E-state index contributed by atoms with van der Waals surface area (Å²) in [6.07, 6.45) is 4.65. The van der Waals surface area contributed by atoms with Crippen LogP contribution in [0.3, 0.4) is 0 Å². The average molecular weight is 226 g/mol. The Morgan fingerprint density at radius 2 is 1.73 bits per heavy atom. The highest BCUT2D eigenvalue weighted by Crippen LogP contribution is 2.66. The SMILES string of the molecule is CC1(C)[C@H]2CC[C@]1(C)[C@@H](O[Si](C)(C)C)C2. The third-order valence-corrected chi connectivity index (χ3v) is 6.20. The molecule has 0 aliphatic heterocycles. The zero-order valence-corrected chi connectivity index (χ0v) is 12.2. The highest BCUT2D eigenvalue weighted by molar-refractivity contribution is 6.69. The monoisotopic (exact) mass is 226 g/mol. The molecule has 0 unspecified atom stereocenters. The van der Waals surface area contributed by atoms with Crippen LogP contribution in [0.1, 0.15) is 40.0 Å². The lowest BCUT2D eigenvalue weighted by atomic mass is 9.70. The van der Waals surface area contributed by atoms with E-state index in [1.807, 2.05) is 0 Å². The van der Waals surface area contributed by atoms with Crippen molar-refractivity contribution in [2.75, 3.05) is 0 Å². The Morgan fingerprint density at radius 1 is 1.13 bits per heavy atom. The van der Waals surface area contributed by atoms with Gasteiger partial charge in [0.15, 0.2) is 8.32 Å². The first-order chi connectivity index (χ1) is 6.67. The molecule has 0 aromatic heterocycles. The molecule has 0 saturated heterocycles. The van der Waals surface area contributed by atoms with Crippen LogP contribution in [-0.4, -0.2) is 14.4 Å². The summed E-state index contributed by atoms with van der Waals surface area (Å²) >= 11 is 0. The summed E-state index contributed by atoms with van der Waals surface area (Å²) in [5.74, 6) is 0.906. The molecule has 88 valence electrons. The smallest absolute Gasteiger partial charge is 0.184 e. The van der Waals surface area contributed by atoms with E-state index in [4.69, 9.17) is 4.43 Å². The van der Waals surface area contributed by atoms with Crippen molar-refractivity contribution < 1.29 is 4.43 Å². The van der Waals surface area contributed by atoms with Gasteiger partial charge in [-0.3, -0.25) is 0 Å². The lowest BCUT2D eigenvalue weighted by Gasteiger charge is -2.41. The summed E-state index contributed by atoms with van der Waals surface area (Å²) in [7, 11) is -1.37. The summed E-state index contributed by atoms with van der Waals surface area (Å²) in [4.78, 5) is 0. The molecule has 0 N–H and O–H groups in total. The molecule has 2 bridgehead atoms. The topological polar surface area (TPSA) is 9.23 Å². The maximum atomic E-state index is 6.41. The van der Waals surface area contributed by atoms with Crippen molar-refractivity contribution in [2.45, 2.75) is 65.8 Å². The molecule has 0 amide bonds. The van der Waals surface area contributed by atoms with Crippen molar-refractivity contribution in [3.8, 4) is 0 Å². The predicted molar refractivity (Wildman–Crippen MR) is 67.4 cm³/mol. The van der Waals surface area contributed by atoms with Crippen LogP contribution in [0.2, 0.25) is 19.6 Å². The minimum atomic E-state index is -1.37. The van der Waals surface area contributed by atoms with Crippen LogP contribution in [0.15, 0.2) is 0 Å². The fraction of sp³-hybridized carbons (Fsp3) is 1.00. The molecule has 2 aliphatic carbocycles. The lowest BCUT2D eigenvalue weighted by molar-refractivity contribution is 0.0251. The second kappa shape index (κ2) is 3.10. The normalized spacial score (nSPS) is 43.6. The molecule has 3 atom stereocenters. The number of hydrogen-bond acceptors (Lipinski definition) is 1. The van der Waals surface area contributed by atoms with Gasteiger partial charge in [-0.2, -0.15) is 0 Å². The van der Waals surface area contributed by atoms with E-state index in [0.717, 1.165) is 5.92 Å². The first kappa shape index (κ1) is 11.7. The Kier molecular flexibility index (Phi) is 2.41. The Morgan fingerprint density at radius 3 is 2.07 bits per heavy atom. The molecule has 2 fully saturated rings. The van der Waals surface area contributed by atoms with Crippen LogP contribution in [0.4, 0.5) is 0 Å². The molecule has 2 saturated carbocycles. The van der Waals surface area contributed by atoms with Gasteiger partial charge in [0.1, 0.15) is 0 Å². The standard InChI is InChI=1S/C13H26OSi/c1-12(2)10-7-8-13(12,3)11(9-10)14-15(4,5)6/h10-11H,7-9H2,1-6H3/t10-,11-,13+/m0/s1. The molecule has 15 heavy (non-hydrogen) atoms. The quantitative estimate of drug-likeness (QED) is 0.645. The zero-order chi connectivity index (χ0) is 11.5. The molecule has 0 spiro atoms. The minimum absolute atomic E-state index is 0.442. The maximum absolute atomic E-state index is 6.41. The molecule has 1 nitrogen and oxygen atoms in total. The molecule has 0 heterocycles. The minimum Gasteiger partial charge on any atom is -0.414 e. The van der Waals surface area contributed by atoms with E-state index < -0.39 is 8.32 Å². The Hall–Kier alpha value is 0.177. The predicted octanol–water partition coefficient (Wildman–Crippen LogP) is 4.05. The molecule has 2 heteroatoms. The molecular formula is C13H26OSi. The van der Waals surface area contributed by atoms with E-state index >= 15 is 0 Å². The molecule has 0 radical (unpaired) electrons. The van der Waals surface area contributed by atoms with Crippen molar-refractivity contribution in [3.63, 3.8) is 0 Å². The number of hydrogen-bond donors (Lipinski definition) is 0. The van der Waals surface area contributed by atoms with Crippen LogP contribution in [-0.2, 0) is 4.43 Å². The Labute approximate surface area is 95.7 Å². The third kappa shape index (κ3) is 1.61. The van der Waals surface area contributed by atoms with Crippen molar-refractivity contribution >= 4 is 8.32 Å². The van der Waals surface area contributed by atoms with Crippen molar-refractivity contribution in [2.24, 2.45) is 16.7 Å². The second-order valence-electron chi connectivity index (χ2n) is 7.33.